The molecule has 2 atom stereocenters. The fraction of sp³-hybridized carbons (Fsp3) is 0.833. The van der Waals surface area contributed by atoms with Crippen LogP contribution in [-0.4, -0.2) is 36.7 Å². The van der Waals surface area contributed by atoms with Crippen LogP contribution >= 0.6 is 0 Å². The van der Waals surface area contributed by atoms with Crippen molar-refractivity contribution in [3.05, 3.63) is 0 Å². The van der Waals surface area contributed by atoms with Gasteiger partial charge in [0.05, 0.1) is 13.7 Å². The Kier molecular flexibility index (Phi) is 4.51. The summed E-state index contributed by atoms with van der Waals surface area (Å²) in [4.78, 5) is 22.9. The molecular weight excluding hydrogens is 222 g/mol. The molecule has 0 radical (unpaired) electrons. The van der Waals surface area contributed by atoms with Crippen molar-refractivity contribution in [3.63, 3.8) is 0 Å². The van der Waals surface area contributed by atoms with Crippen LogP contribution in [0.4, 0.5) is 0 Å². The largest absolute Gasteiger partial charge is 0.467 e. The summed E-state index contributed by atoms with van der Waals surface area (Å²) in [5.74, 6) is -0.848. The van der Waals surface area contributed by atoms with E-state index in [4.69, 9.17) is 0 Å². The van der Waals surface area contributed by atoms with Gasteiger partial charge in [-0.2, -0.15) is 0 Å². The quantitative estimate of drug-likeness (QED) is 0.703. The number of aliphatic hydroxyl groups is 1. The average molecular weight is 243 g/mol. The molecular formula is C12H21NO4. The van der Waals surface area contributed by atoms with Crippen molar-refractivity contribution in [3.8, 4) is 0 Å². The lowest BCUT2D eigenvalue weighted by atomic mass is 9.81. The van der Waals surface area contributed by atoms with E-state index in [1.54, 1.807) is 0 Å². The average Bonchev–Trinajstić information content (AvgIpc) is 2.64. The number of amides is 1. The van der Waals surface area contributed by atoms with Gasteiger partial charge in [0.1, 0.15) is 0 Å². The molecule has 1 fully saturated rings. The van der Waals surface area contributed by atoms with Crippen LogP contribution in [0, 0.1) is 11.3 Å². The van der Waals surface area contributed by atoms with Crippen LogP contribution in [0.2, 0.25) is 0 Å². The van der Waals surface area contributed by atoms with E-state index < -0.39 is 12.1 Å². The zero-order valence-electron chi connectivity index (χ0n) is 10.7. The van der Waals surface area contributed by atoms with Crippen molar-refractivity contribution in [1.82, 2.24) is 5.32 Å². The first-order valence-electron chi connectivity index (χ1n) is 5.92. The summed E-state index contributed by atoms with van der Waals surface area (Å²) in [7, 11) is 1.20. The second-order valence-corrected chi connectivity index (χ2v) is 5.22. The maximum Gasteiger partial charge on any atom is 0.336 e. The molecule has 2 N–H and O–H groups in total. The maximum absolute atomic E-state index is 11.9. The van der Waals surface area contributed by atoms with Gasteiger partial charge in [0.25, 0.3) is 0 Å². The summed E-state index contributed by atoms with van der Waals surface area (Å²) < 4.78 is 4.37. The number of esters is 1. The highest BCUT2D eigenvalue weighted by Gasteiger charge is 2.39. The van der Waals surface area contributed by atoms with E-state index in [0.717, 1.165) is 19.3 Å². The van der Waals surface area contributed by atoms with Gasteiger partial charge in [-0.1, -0.05) is 20.3 Å². The number of ether oxygens (including phenoxy) is 1. The predicted octanol–water partition coefficient (Wildman–Crippen LogP) is 0.463. The first kappa shape index (κ1) is 14.0. The van der Waals surface area contributed by atoms with Gasteiger partial charge in [-0.25, -0.2) is 4.79 Å². The van der Waals surface area contributed by atoms with Crippen molar-refractivity contribution in [1.29, 1.82) is 0 Å². The smallest absolute Gasteiger partial charge is 0.336 e. The molecule has 0 heterocycles. The molecule has 0 bridgehead atoms. The van der Waals surface area contributed by atoms with Crippen molar-refractivity contribution in [2.45, 2.75) is 39.2 Å². The minimum Gasteiger partial charge on any atom is -0.467 e. The van der Waals surface area contributed by atoms with Crippen LogP contribution in [0.25, 0.3) is 0 Å². The molecule has 1 saturated carbocycles. The standard InChI is InChI=1S/C12H21NO4/c1-12(2)6-4-5-8(12)10(15)13-7-9(14)11(16)17-3/h8-9,14H,4-7H2,1-3H3,(H,13,15). The Morgan fingerprint density at radius 3 is 2.65 bits per heavy atom. The fourth-order valence-electron chi connectivity index (χ4n) is 2.35. The lowest BCUT2D eigenvalue weighted by Crippen LogP contribution is -2.42. The molecule has 5 nitrogen and oxygen atoms in total. The van der Waals surface area contributed by atoms with E-state index in [2.05, 4.69) is 23.9 Å². The minimum atomic E-state index is -1.28. The summed E-state index contributed by atoms with van der Waals surface area (Å²) in [5.41, 5.74) is 0.000299. The number of aliphatic hydroxyl groups excluding tert-OH is 1. The van der Waals surface area contributed by atoms with Gasteiger partial charge < -0.3 is 15.2 Å². The van der Waals surface area contributed by atoms with Crippen molar-refractivity contribution in [2.24, 2.45) is 11.3 Å². The monoisotopic (exact) mass is 243 g/mol. The molecule has 0 aromatic heterocycles. The number of carbonyl (C=O) groups is 2. The topological polar surface area (TPSA) is 75.6 Å². The molecule has 5 heteroatoms. The SMILES string of the molecule is COC(=O)C(O)CNC(=O)C1CCCC1(C)C. The van der Waals surface area contributed by atoms with E-state index in [-0.39, 0.29) is 23.8 Å². The third-order valence-corrected chi connectivity index (χ3v) is 3.52. The van der Waals surface area contributed by atoms with E-state index in [1.165, 1.54) is 7.11 Å². The first-order chi connectivity index (χ1) is 7.88. The molecule has 98 valence electrons. The van der Waals surface area contributed by atoms with Gasteiger partial charge in [0.2, 0.25) is 5.91 Å². The number of nitrogens with one attached hydrogen (secondary N) is 1. The molecule has 0 saturated heterocycles. The molecule has 1 aliphatic carbocycles. The second kappa shape index (κ2) is 5.49. The number of hydrogen-bond acceptors (Lipinski definition) is 4. The Hall–Kier alpha value is -1.10. The molecule has 1 amide bonds. The van der Waals surface area contributed by atoms with Crippen LogP contribution in [-0.2, 0) is 14.3 Å². The third kappa shape index (κ3) is 3.43. The van der Waals surface area contributed by atoms with Gasteiger partial charge in [-0.15, -0.1) is 0 Å². The Labute approximate surface area is 102 Å². The fourth-order valence-corrected chi connectivity index (χ4v) is 2.35. The second-order valence-electron chi connectivity index (χ2n) is 5.22. The highest BCUT2D eigenvalue weighted by atomic mass is 16.5. The summed E-state index contributed by atoms with van der Waals surface area (Å²) in [5, 5.41) is 12.0. The molecule has 0 aliphatic heterocycles. The van der Waals surface area contributed by atoms with E-state index in [0.29, 0.717) is 0 Å². The van der Waals surface area contributed by atoms with Gasteiger partial charge in [0, 0.05) is 5.92 Å². The van der Waals surface area contributed by atoms with Gasteiger partial charge >= 0.3 is 5.97 Å². The van der Waals surface area contributed by atoms with Crippen LogP contribution in [0.5, 0.6) is 0 Å². The summed E-state index contributed by atoms with van der Waals surface area (Å²) >= 11 is 0. The van der Waals surface area contributed by atoms with Crippen molar-refractivity contribution in [2.75, 3.05) is 13.7 Å². The molecule has 1 rings (SSSR count). The molecule has 2 unspecified atom stereocenters. The maximum atomic E-state index is 11.9. The Morgan fingerprint density at radius 2 is 2.18 bits per heavy atom. The first-order valence-corrected chi connectivity index (χ1v) is 5.92. The number of hydrogen-bond donors (Lipinski definition) is 2. The highest BCUT2D eigenvalue weighted by molar-refractivity contribution is 5.81. The van der Waals surface area contributed by atoms with Crippen molar-refractivity contribution < 1.29 is 19.4 Å². The molecule has 0 aromatic rings. The Bertz CT molecular complexity index is 301. The lowest BCUT2D eigenvalue weighted by molar-refractivity contribution is -0.150. The summed E-state index contributed by atoms with van der Waals surface area (Å²) in [6, 6.07) is 0. The number of rotatable bonds is 4. The molecule has 0 spiro atoms. The van der Waals surface area contributed by atoms with Crippen LogP contribution in [0.1, 0.15) is 33.1 Å². The van der Waals surface area contributed by atoms with E-state index >= 15 is 0 Å². The predicted molar refractivity (Wildman–Crippen MR) is 62.2 cm³/mol. The zero-order valence-corrected chi connectivity index (χ0v) is 10.7. The Balaban J connectivity index is 2.42. The van der Waals surface area contributed by atoms with Gasteiger partial charge in [-0.3, -0.25) is 4.79 Å². The number of carbonyl (C=O) groups excluding carboxylic acids is 2. The van der Waals surface area contributed by atoms with E-state index in [9.17, 15) is 14.7 Å². The minimum absolute atomic E-state index is 0.000299. The van der Waals surface area contributed by atoms with Crippen LogP contribution in [0.15, 0.2) is 0 Å². The number of methoxy groups -OCH3 is 1. The van der Waals surface area contributed by atoms with Gasteiger partial charge in [0.15, 0.2) is 6.10 Å². The normalized spacial score (nSPS) is 24.1. The summed E-state index contributed by atoms with van der Waals surface area (Å²) in [6.45, 7) is 4.06. The van der Waals surface area contributed by atoms with Crippen molar-refractivity contribution >= 4 is 11.9 Å². The third-order valence-electron chi connectivity index (χ3n) is 3.52. The Morgan fingerprint density at radius 1 is 1.53 bits per heavy atom. The van der Waals surface area contributed by atoms with Gasteiger partial charge in [-0.05, 0) is 18.3 Å². The highest BCUT2D eigenvalue weighted by Crippen LogP contribution is 2.42. The lowest BCUT2D eigenvalue weighted by Gasteiger charge is -2.26. The molecule has 17 heavy (non-hydrogen) atoms. The molecule has 0 aromatic carbocycles. The van der Waals surface area contributed by atoms with Crippen LogP contribution < -0.4 is 5.32 Å². The summed E-state index contributed by atoms with van der Waals surface area (Å²) in [6.07, 6.45) is 1.66. The van der Waals surface area contributed by atoms with E-state index in [1.807, 2.05) is 0 Å². The molecule has 1 aliphatic rings. The van der Waals surface area contributed by atoms with Crippen LogP contribution in [0.3, 0.4) is 0 Å². The zero-order chi connectivity index (χ0) is 13.1.